The molecule has 1 spiro atoms. The highest BCUT2D eigenvalue weighted by molar-refractivity contribution is 5.96. The monoisotopic (exact) mass is 522 g/mol. The highest BCUT2D eigenvalue weighted by Gasteiger charge is 2.85. The van der Waals surface area contributed by atoms with Crippen molar-refractivity contribution in [2.45, 2.75) is 76.7 Å². The molecule has 4 fully saturated rings. The summed E-state index contributed by atoms with van der Waals surface area (Å²) in [7, 11) is 1.09. The molecule has 37 heavy (non-hydrogen) atoms. The van der Waals surface area contributed by atoms with Crippen molar-refractivity contribution in [3.63, 3.8) is 0 Å². The molecular formula is C26H34O11. The number of methoxy groups -OCH3 is 1. The van der Waals surface area contributed by atoms with Gasteiger partial charge in [0.2, 0.25) is 11.7 Å². The first kappa shape index (κ1) is 26.3. The molecule has 0 aromatic rings. The van der Waals surface area contributed by atoms with Crippen LogP contribution in [0.25, 0.3) is 0 Å². The first-order chi connectivity index (χ1) is 17.3. The molecule has 0 aromatic heterocycles. The lowest BCUT2D eigenvalue weighted by Crippen LogP contribution is -2.80. The fraction of sp³-hybridized carbons (Fsp3) is 0.769. The molecule has 2 aliphatic heterocycles. The van der Waals surface area contributed by atoms with E-state index in [1.165, 1.54) is 6.08 Å². The summed E-state index contributed by atoms with van der Waals surface area (Å²) in [5.74, 6) is -6.07. The summed E-state index contributed by atoms with van der Waals surface area (Å²) >= 11 is 0. The number of fused-ring (bicyclic) bond motifs is 2. The van der Waals surface area contributed by atoms with E-state index in [-0.39, 0.29) is 25.4 Å². The van der Waals surface area contributed by atoms with Gasteiger partial charge in [0.1, 0.15) is 18.3 Å². The zero-order valence-electron chi connectivity index (χ0n) is 21.5. The summed E-state index contributed by atoms with van der Waals surface area (Å²) in [4.78, 5) is 52.3. The van der Waals surface area contributed by atoms with Crippen LogP contribution < -0.4 is 0 Å². The average molecular weight is 523 g/mol. The Balaban J connectivity index is 1.73. The van der Waals surface area contributed by atoms with Crippen molar-refractivity contribution in [1.29, 1.82) is 0 Å². The lowest BCUT2D eigenvalue weighted by atomic mass is 9.38. The lowest BCUT2D eigenvalue weighted by molar-refractivity contribution is -0.298. The SMILES string of the molecule is COC(=O)[C@@]12OC[C@@]34C(C[C@H]5C(C)=CC(=O)[C@@H](O)[C@]5(C)[C@H]3[C@@H](O)[C@@H]1O)OC(=O)[C@H](OC(=O)CC(C)C)C42. The van der Waals surface area contributed by atoms with Gasteiger partial charge in [-0.05, 0) is 31.3 Å². The molecule has 11 heteroatoms. The number of carbonyl (C=O) groups excluding carboxylic acids is 4. The van der Waals surface area contributed by atoms with Crippen molar-refractivity contribution in [1.82, 2.24) is 0 Å². The molecule has 0 aromatic carbocycles. The third-order valence-electron chi connectivity index (χ3n) is 9.67. The number of aliphatic hydroxyl groups excluding tert-OH is 3. The molecule has 204 valence electrons. The van der Waals surface area contributed by atoms with Crippen molar-refractivity contribution in [3.05, 3.63) is 11.6 Å². The number of aliphatic hydroxyl groups is 3. The largest absolute Gasteiger partial charge is 0.467 e. The number of hydrogen-bond donors (Lipinski definition) is 3. The highest BCUT2D eigenvalue weighted by atomic mass is 16.6. The number of ether oxygens (including phenoxy) is 4. The zero-order valence-corrected chi connectivity index (χ0v) is 21.5. The van der Waals surface area contributed by atoms with Gasteiger partial charge in [0.05, 0.1) is 25.7 Å². The van der Waals surface area contributed by atoms with E-state index in [2.05, 4.69) is 0 Å². The molecule has 11 nitrogen and oxygen atoms in total. The second-order valence-electron chi connectivity index (χ2n) is 11.9. The zero-order chi connectivity index (χ0) is 27.2. The number of rotatable bonds is 4. The van der Waals surface area contributed by atoms with Crippen LogP contribution in [0.2, 0.25) is 0 Å². The van der Waals surface area contributed by atoms with Crippen molar-refractivity contribution < 1.29 is 53.4 Å². The first-order valence-corrected chi connectivity index (χ1v) is 12.7. The molecule has 5 aliphatic rings. The second-order valence-corrected chi connectivity index (χ2v) is 11.9. The molecule has 3 aliphatic carbocycles. The fourth-order valence-corrected chi connectivity index (χ4v) is 8.34. The maximum Gasteiger partial charge on any atom is 0.348 e. The standard InChI is InChI=1S/C26H34O11/c1-10(2)6-15(28)37-17-19-25-9-35-26(19,23(33)34-5)21(31)16(29)18(25)24(4)12(8-14(25)36-22(17)32)11(3)7-13(27)20(24)30/h7,10,12,14,16-21,29-31H,6,8-9H2,1-5H3/t12-,14?,16+,17+,18+,19?,20+,21-,24-,25+,26-/m0/s1. The Hall–Kier alpha value is -2.34. The van der Waals surface area contributed by atoms with Gasteiger partial charge in [-0.15, -0.1) is 0 Å². The molecule has 0 amide bonds. The average Bonchev–Trinajstić information content (AvgIpc) is 3.13. The molecule has 5 rings (SSSR count). The van der Waals surface area contributed by atoms with Gasteiger partial charge in [0.15, 0.2) is 5.78 Å². The summed E-state index contributed by atoms with van der Waals surface area (Å²) in [6, 6.07) is 0. The van der Waals surface area contributed by atoms with Crippen LogP contribution in [0.4, 0.5) is 0 Å². The van der Waals surface area contributed by atoms with Gasteiger partial charge >= 0.3 is 17.9 Å². The molecular weight excluding hydrogens is 488 g/mol. The molecule has 2 bridgehead atoms. The van der Waals surface area contributed by atoms with E-state index in [4.69, 9.17) is 18.9 Å². The maximum absolute atomic E-state index is 13.4. The fourth-order valence-electron chi connectivity index (χ4n) is 8.34. The molecule has 2 unspecified atom stereocenters. The summed E-state index contributed by atoms with van der Waals surface area (Å²) < 4.78 is 22.5. The van der Waals surface area contributed by atoms with E-state index in [9.17, 15) is 34.5 Å². The van der Waals surface area contributed by atoms with Crippen molar-refractivity contribution >= 4 is 23.7 Å². The van der Waals surface area contributed by atoms with Crippen LogP contribution in [0.5, 0.6) is 0 Å². The minimum Gasteiger partial charge on any atom is -0.467 e. The molecule has 2 saturated carbocycles. The van der Waals surface area contributed by atoms with Crippen LogP contribution >= 0.6 is 0 Å². The van der Waals surface area contributed by atoms with Crippen molar-refractivity contribution in [3.8, 4) is 0 Å². The first-order valence-electron chi connectivity index (χ1n) is 12.7. The van der Waals surface area contributed by atoms with E-state index in [0.29, 0.717) is 5.57 Å². The van der Waals surface area contributed by atoms with Crippen LogP contribution in [-0.2, 0) is 38.1 Å². The van der Waals surface area contributed by atoms with E-state index >= 15 is 0 Å². The van der Waals surface area contributed by atoms with E-state index < -0.39 is 88.4 Å². The van der Waals surface area contributed by atoms with Crippen molar-refractivity contribution in [2.75, 3.05) is 13.7 Å². The normalized spacial score (nSPS) is 48.0. The van der Waals surface area contributed by atoms with E-state index in [1.54, 1.807) is 27.7 Å². The maximum atomic E-state index is 13.4. The van der Waals surface area contributed by atoms with Gasteiger partial charge in [-0.3, -0.25) is 9.59 Å². The Labute approximate surface area is 214 Å². The topological polar surface area (TPSA) is 166 Å². The summed E-state index contributed by atoms with van der Waals surface area (Å²) in [6.07, 6.45) is -6.13. The predicted octanol–water partition coefficient (Wildman–Crippen LogP) is -0.318. The van der Waals surface area contributed by atoms with E-state index in [0.717, 1.165) is 7.11 Å². The number of hydrogen-bond acceptors (Lipinski definition) is 11. The molecule has 2 heterocycles. The quantitative estimate of drug-likeness (QED) is 0.327. The van der Waals surface area contributed by atoms with Crippen LogP contribution in [0, 0.1) is 34.5 Å². The second kappa shape index (κ2) is 8.33. The van der Waals surface area contributed by atoms with Gasteiger partial charge in [-0.25, -0.2) is 9.59 Å². The smallest absolute Gasteiger partial charge is 0.348 e. The third-order valence-corrected chi connectivity index (χ3v) is 9.67. The molecule has 3 N–H and O–H groups in total. The number of esters is 3. The Morgan fingerprint density at radius 1 is 1.19 bits per heavy atom. The third kappa shape index (κ3) is 3.08. The van der Waals surface area contributed by atoms with Crippen LogP contribution in [-0.4, -0.2) is 88.8 Å². The van der Waals surface area contributed by atoms with Gasteiger partial charge < -0.3 is 34.3 Å². The Morgan fingerprint density at radius 2 is 1.86 bits per heavy atom. The van der Waals surface area contributed by atoms with Gasteiger partial charge in [-0.2, -0.15) is 0 Å². The minimum atomic E-state index is -2.23. The summed E-state index contributed by atoms with van der Waals surface area (Å²) in [5, 5.41) is 34.4. The Kier molecular flexibility index (Phi) is 5.91. The van der Waals surface area contributed by atoms with Gasteiger partial charge in [0, 0.05) is 23.2 Å². The molecule has 11 atom stereocenters. The Bertz CT molecular complexity index is 1080. The van der Waals surface area contributed by atoms with Crippen LogP contribution in [0.1, 0.15) is 40.5 Å². The number of ketones is 1. The van der Waals surface area contributed by atoms with Crippen LogP contribution in [0.15, 0.2) is 11.6 Å². The predicted molar refractivity (Wildman–Crippen MR) is 122 cm³/mol. The van der Waals surface area contributed by atoms with Crippen molar-refractivity contribution in [2.24, 2.45) is 34.5 Å². The minimum absolute atomic E-state index is 0.00931. The van der Waals surface area contributed by atoms with Gasteiger partial charge in [-0.1, -0.05) is 26.3 Å². The van der Waals surface area contributed by atoms with E-state index in [1.807, 2.05) is 0 Å². The summed E-state index contributed by atoms with van der Waals surface area (Å²) in [6.45, 7) is 6.74. The number of carbonyl (C=O) groups is 4. The molecule has 0 radical (unpaired) electrons. The highest BCUT2D eigenvalue weighted by Crippen LogP contribution is 2.72. The summed E-state index contributed by atoms with van der Waals surface area (Å²) in [5.41, 5.74) is -4.26. The van der Waals surface area contributed by atoms with Crippen LogP contribution in [0.3, 0.4) is 0 Å². The molecule has 2 saturated heterocycles. The Morgan fingerprint density at radius 3 is 2.49 bits per heavy atom. The lowest BCUT2D eigenvalue weighted by Gasteiger charge is -2.67. The van der Waals surface area contributed by atoms with Gasteiger partial charge in [0.25, 0.3) is 0 Å². The number of allylic oxidation sites excluding steroid dienone is 1.